The van der Waals surface area contributed by atoms with Crippen molar-refractivity contribution in [1.29, 1.82) is 0 Å². The van der Waals surface area contributed by atoms with Crippen molar-refractivity contribution in [3.05, 3.63) is 89.5 Å². The van der Waals surface area contributed by atoms with Gasteiger partial charge in [-0.15, -0.1) is 0 Å². The number of pyridine rings is 1. The average Bonchev–Trinajstić information content (AvgIpc) is 3.52. The second-order valence-corrected chi connectivity index (χ2v) is 8.02. The molecule has 2 aromatic carbocycles. The highest BCUT2D eigenvalue weighted by molar-refractivity contribution is 6.09. The smallest absolute Gasteiger partial charge is 0.255 e. The third-order valence-electron chi connectivity index (χ3n) is 5.85. The molecule has 3 N–H and O–H groups in total. The lowest BCUT2D eigenvalue weighted by Crippen LogP contribution is -2.34. The zero-order chi connectivity index (χ0) is 23.1. The van der Waals surface area contributed by atoms with Crippen LogP contribution in [0.25, 0.3) is 10.9 Å². The largest absolute Gasteiger partial charge is 0.454 e. The van der Waals surface area contributed by atoms with E-state index in [0.29, 0.717) is 34.3 Å². The van der Waals surface area contributed by atoms with Crippen molar-refractivity contribution in [2.24, 2.45) is 4.99 Å². The number of nitrogens with one attached hydrogen (secondary N) is 3. The standard InChI is InChI=1S/C25H20N6O3/c1-14-22(25(32)29-18-3-4-19-17(10-18)12-27-31-19)23(16-2-5-20-21(11-16)34-13-33-20)30-24(28-14)15-6-8-26-9-7-15/h2-12,23H,13H2,1H3,(H,27,31)(H,28,30)(H,29,32). The molecule has 0 spiro atoms. The fraction of sp³-hybridized carbons (Fsp3) is 0.120. The number of benzene rings is 2. The Morgan fingerprint density at radius 2 is 1.91 bits per heavy atom. The SMILES string of the molecule is CC1=C(C(=O)Nc2ccc3[nH]ncc3c2)C(c2ccc3c(c2)OCO3)N=C(c2ccncc2)N1. The summed E-state index contributed by atoms with van der Waals surface area (Å²) in [6, 6.07) is 14.4. The van der Waals surface area contributed by atoms with E-state index >= 15 is 0 Å². The number of H-pyrrole nitrogens is 1. The molecule has 0 bridgehead atoms. The normalized spacial score (nSPS) is 16.9. The van der Waals surface area contributed by atoms with Gasteiger partial charge in [-0.2, -0.15) is 5.10 Å². The molecule has 9 nitrogen and oxygen atoms in total. The molecule has 1 unspecified atom stereocenters. The highest BCUT2D eigenvalue weighted by Crippen LogP contribution is 2.39. The third kappa shape index (κ3) is 3.53. The van der Waals surface area contributed by atoms with Gasteiger partial charge in [0, 0.05) is 34.7 Å². The second kappa shape index (κ2) is 8.04. The highest BCUT2D eigenvalue weighted by atomic mass is 16.7. The first kappa shape index (κ1) is 20.0. The minimum Gasteiger partial charge on any atom is -0.454 e. The van der Waals surface area contributed by atoms with E-state index in [0.717, 1.165) is 22.0 Å². The number of nitrogens with zero attached hydrogens (tertiary/aromatic N) is 3. The number of allylic oxidation sites excluding steroid dienone is 1. The Hall–Kier alpha value is -4.66. The number of carbonyl (C=O) groups is 1. The van der Waals surface area contributed by atoms with E-state index in [4.69, 9.17) is 14.5 Å². The van der Waals surface area contributed by atoms with Gasteiger partial charge in [0.1, 0.15) is 11.9 Å². The van der Waals surface area contributed by atoms with Crippen LogP contribution in [0.15, 0.2) is 83.4 Å². The number of hydrogen-bond donors (Lipinski definition) is 3. The van der Waals surface area contributed by atoms with Gasteiger partial charge in [0.15, 0.2) is 11.5 Å². The van der Waals surface area contributed by atoms with E-state index in [2.05, 4.69) is 25.8 Å². The summed E-state index contributed by atoms with van der Waals surface area (Å²) in [5.74, 6) is 1.74. The maximum absolute atomic E-state index is 13.5. The molecule has 0 saturated carbocycles. The molecule has 1 atom stereocenters. The molecule has 2 aromatic heterocycles. The quantitative estimate of drug-likeness (QED) is 0.435. The Balaban J connectivity index is 1.39. The number of aliphatic imine (C=N–C) groups is 1. The van der Waals surface area contributed by atoms with Crippen LogP contribution in [0.3, 0.4) is 0 Å². The third-order valence-corrected chi connectivity index (χ3v) is 5.85. The van der Waals surface area contributed by atoms with Crippen molar-refractivity contribution in [2.75, 3.05) is 12.1 Å². The molecular formula is C25H20N6O3. The molecule has 4 heterocycles. The molecule has 2 aliphatic heterocycles. The van der Waals surface area contributed by atoms with Gasteiger partial charge in [0.2, 0.25) is 6.79 Å². The van der Waals surface area contributed by atoms with Gasteiger partial charge in [-0.3, -0.25) is 19.9 Å². The number of amides is 1. The summed E-state index contributed by atoms with van der Waals surface area (Å²) < 4.78 is 11.0. The van der Waals surface area contributed by atoms with E-state index in [1.165, 1.54) is 0 Å². The number of rotatable bonds is 4. The molecule has 2 aliphatic rings. The van der Waals surface area contributed by atoms with Crippen molar-refractivity contribution in [3.63, 3.8) is 0 Å². The lowest BCUT2D eigenvalue weighted by atomic mass is 9.94. The first-order valence-electron chi connectivity index (χ1n) is 10.8. The summed E-state index contributed by atoms with van der Waals surface area (Å²) in [4.78, 5) is 22.6. The molecule has 0 aliphatic carbocycles. The molecule has 0 radical (unpaired) electrons. The molecule has 0 fully saturated rings. The van der Waals surface area contributed by atoms with Crippen LogP contribution >= 0.6 is 0 Å². The van der Waals surface area contributed by atoms with Crippen LogP contribution in [0.2, 0.25) is 0 Å². The monoisotopic (exact) mass is 452 g/mol. The second-order valence-electron chi connectivity index (χ2n) is 8.02. The van der Waals surface area contributed by atoms with Crippen LogP contribution in [-0.2, 0) is 4.79 Å². The van der Waals surface area contributed by atoms with Gasteiger partial charge in [0.25, 0.3) is 5.91 Å². The summed E-state index contributed by atoms with van der Waals surface area (Å²) in [6.07, 6.45) is 5.14. The summed E-state index contributed by atoms with van der Waals surface area (Å²) in [6.45, 7) is 2.05. The Labute approximate surface area is 194 Å². The number of aromatic nitrogens is 3. The number of anilines is 1. The summed E-state index contributed by atoms with van der Waals surface area (Å²) in [5, 5.41) is 14.2. The number of carbonyl (C=O) groups excluding carboxylic acids is 1. The van der Waals surface area contributed by atoms with E-state index in [-0.39, 0.29) is 12.7 Å². The minimum absolute atomic E-state index is 0.176. The first-order valence-corrected chi connectivity index (χ1v) is 10.8. The van der Waals surface area contributed by atoms with E-state index in [9.17, 15) is 4.79 Å². The molecule has 34 heavy (non-hydrogen) atoms. The van der Waals surface area contributed by atoms with Crippen molar-refractivity contribution in [2.45, 2.75) is 13.0 Å². The van der Waals surface area contributed by atoms with Crippen molar-refractivity contribution in [3.8, 4) is 11.5 Å². The number of hydrogen-bond acceptors (Lipinski definition) is 7. The predicted molar refractivity (Wildman–Crippen MR) is 127 cm³/mol. The zero-order valence-corrected chi connectivity index (χ0v) is 18.2. The van der Waals surface area contributed by atoms with Crippen molar-refractivity contribution < 1.29 is 14.3 Å². The minimum atomic E-state index is -0.545. The molecule has 4 aromatic rings. The maximum Gasteiger partial charge on any atom is 0.255 e. The molecule has 1 amide bonds. The number of aromatic amines is 1. The van der Waals surface area contributed by atoms with Crippen LogP contribution in [-0.4, -0.2) is 33.7 Å². The van der Waals surface area contributed by atoms with Crippen LogP contribution in [0.4, 0.5) is 5.69 Å². The van der Waals surface area contributed by atoms with Crippen LogP contribution < -0.4 is 20.1 Å². The Bertz CT molecular complexity index is 1470. The molecule has 168 valence electrons. The van der Waals surface area contributed by atoms with E-state index < -0.39 is 6.04 Å². The molecule has 0 saturated heterocycles. The molecular weight excluding hydrogens is 432 g/mol. The lowest BCUT2D eigenvalue weighted by molar-refractivity contribution is -0.113. The Kier molecular flexibility index (Phi) is 4.72. The number of fused-ring (bicyclic) bond motifs is 2. The van der Waals surface area contributed by atoms with Gasteiger partial charge in [0.05, 0.1) is 17.3 Å². The van der Waals surface area contributed by atoms with Gasteiger partial charge in [-0.05, 0) is 55.0 Å². The Morgan fingerprint density at radius 1 is 1.06 bits per heavy atom. The first-order chi connectivity index (χ1) is 16.7. The molecule has 9 heteroatoms. The number of amidine groups is 1. The van der Waals surface area contributed by atoms with Crippen LogP contribution in [0.5, 0.6) is 11.5 Å². The van der Waals surface area contributed by atoms with Gasteiger partial charge >= 0.3 is 0 Å². The van der Waals surface area contributed by atoms with Crippen molar-refractivity contribution >= 4 is 28.3 Å². The van der Waals surface area contributed by atoms with Crippen LogP contribution in [0.1, 0.15) is 24.1 Å². The fourth-order valence-electron chi connectivity index (χ4n) is 4.17. The summed E-state index contributed by atoms with van der Waals surface area (Å²) in [7, 11) is 0. The topological polar surface area (TPSA) is 114 Å². The van der Waals surface area contributed by atoms with Gasteiger partial charge in [-0.25, -0.2) is 0 Å². The van der Waals surface area contributed by atoms with Gasteiger partial charge in [-0.1, -0.05) is 6.07 Å². The number of ether oxygens (including phenoxy) is 2. The van der Waals surface area contributed by atoms with E-state index in [1.807, 2.05) is 55.5 Å². The van der Waals surface area contributed by atoms with E-state index in [1.54, 1.807) is 18.6 Å². The average molecular weight is 452 g/mol. The highest BCUT2D eigenvalue weighted by Gasteiger charge is 2.31. The maximum atomic E-state index is 13.5. The lowest BCUT2D eigenvalue weighted by Gasteiger charge is -2.27. The predicted octanol–water partition coefficient (Wildman–Crippen LogP) is 3.69. The van der Waals surface area contributed by atoms with Crippen LogP contribution in [0, 0.1) is 0 Å². The Morgan fingerprint density at radius 3 is 2.79 bits per heavy atom. The summed E-state index contributed by atoms with van der Waals surface area (Å²) >= 11 is 0. The fourth-order valence-corrected chi connectivity index (χ4v) is 4.17. The van der Waals surface area contributed by atoms with Gasteiger partial charge < -0.3 is 20.1 Å². The molecule has 6 rings (SSSR count). The summed E-state index contributed by atoms with van der Waals surface area (Å²) in [5.41, 5.74) is 4.51. The van der Waals surface area contributed by atoms with Crippen molar-refractivity contribution in [1.82, 2.24) is 20.5 Å². The zero-order valence-electron chi connectivity index (χ0n) is 18.2.